The van der Waals surface area contributed by atoms with Gasteiger partial charge in [-0.2, -0.15) is 0 Å². The monoisotopic (exact) mass is 268 g/mol. The predicted octanol–water partition coefficient (Wildman–Crippen LogP) is 1.17. The van der Waals surface area contributed by atoms with Crippen LogP contribution >= 0.6 is 0 Å². The summed E-state index contributed by atoms with van der Waals surface area (Å²) in [6, 6.07) is 4.68. The molecule has 0 fully saturated rings. The van der Waals surface area contributed by atoms with E-state index >= 15 is 0 Å². The first kappa shape index (κ1) is 15.0. The van der Waals surface area contributed by atoms with E-state index in [1.807, 2.05) is 0 Å². The molecule has 0 aliphatic rings. The Morgan fingerprint density at radius 2 is 1.84 bits per heavy atom. The molecule has 0 N–H and O–H groups in total. The molecule has 104 valence electrons. The number of carbonyl (C=O) groups excluding carboxylic acids is 2. The lowest BCUT2D eigenvalue weighted by Gasteiger charge is -2.11. The van der Waals surface area contributed by atoms with Crippen molar-refractivity contribution in [1.82, 2.24) is 0 Å². The van der Waals surface area contributed by atoms with Gasteiger partial charge in [0, 0.05) is 12.7 Å². The molecule has 1 aromatic carbocycles. The van der Waals surface area contributed by atoms with Gasteiger partial charge >= 0.3 is 11.9 Å². The summed E-state index contributed by atoms with van der Waals surface area (Å²) < 4.78 is 19.3. The van der Waals surface area contributed by atoms with E-state index in [4.69, 9.17) is 9.47 Å². The minimum atomic E-state index is -0.482. The zero-order valence-electron chi connectivity index (χ0n) is 11.1. The topological polar surface area (TPSA) is 71.1 Å². The number of rotatable bonds is 6. The normalized spacial score (nSPS) is 9.84. The molecule has 0 spiro atoms. The van der Waals surface area contributed by atoms with Crippen LogP contribution in [-0.4, -0.2) is 40.1 Å². The Balaban J connectivity index is 3.02. The van der Waals surface area contributed by atoms with Gasteiger partial charge in [-0.15, -0.1) is 0 Å². The maximum Gasteiger partial charge on any atom is 0.337 e. The van der Waals surface area contributed by atoms with Crippen molar-refractivity contribution in [1.29, 1.82) is 0 Å². The first-order valence-electron chi connectivity index (χ1n) is 5.52. The van der Waals surface area contributed by atoms with Crippen LogP contribution in [-0.2, 0) is 25.4 Å². The van der Waals surface area contributed by atoms with Gasteiger partial charge in [-0.1, -0.05) is 0 Å². The van der Waals surface area contributed by atoms with E-state index in [-0.39, 0.29) is 13.2 Å². The molecule has 6 heteroatoms. The van der Waals surface area contributed by atoms with Gasteiger partial charge in [-0.3, -0.25) is 4.79 Å². The molecule has 1 aromatic rings. The summed E-state index contributed by atoms with van der Waals surface area (Å²) in [6.07, 6.45) is 0.000379. The molecule has 6 nitrogen and oxygen atoms in total. The largest absolute Gasteiger partial charge is 0.469 e. The minimum absolute atomic E-state index is 0.000379. The van der Waals surface area contributed by atoms with Crippen LogP contribution in [0.3, 0.4) is 0 Å². The van der Waals surface area contributed by atoms with Crippen molar-refractivity contribution in [3.63, 3.8) is 0 Å². The van der Waals surface area contributed by atoms with E-state index in [1.165, 1.54) is 27.4 Å². The lowest BCUT2D eigenvalue weighted by molar-refractivity contribution is -0.139. The van der Waals surface area contributed by atoms with Gasteiger partial charge in [0.05, 0.1) is 26.2 Å². The molecule has 0 heterocycles. The second-order valence-corrected chi connectivity index (χ2v) is 3.62. The van der Waals surface area contributed by atoms with Gasteiger partial charge in [0.15, 0.2) is 6.79 Å². The number of carbonyl (C=O) groups is 2. The van der Waals surface area contributed by atoms with Gasteiger partial charge in [0.1, 0.15) is 5.75 Å². The highest BCUT2D eigenvalue weighted by Gasteiger charge is 2.14. The Hall–Kier alpha value is -2.08. The van der Waals surface area contributed by atoms with Crippen LogP contribution in [0.2, 0.25) is 0 Å². The third-order valence-corrected chi connectivity index (χ3v) is 2.38. The van der Waals surface area contributed by atoms with Crippen LogP contribution in [0.1, 0.15) is 15.9 Å². The fourth-order valence-electron chi connectivity index (χ4n) is 1.45. The first-order chi connectivity index (χ1) is 9.12. The fourth-order valence-corrected chi connectivity index (χ4v) is 1.45. The summed E-state index contributed by atoms with van der Waals surface area (Å²) in [5.41, 5.74) is 0.873. The summed E-state index contributed by atoms with van der Waals surface area (Å²) in [6.45, 7) is 0.0474. The molecule has 0 aromatic heterocycles. The van der Waals surface area contributed by atoms with Gasteiger partial charge in [0.2, 0.25) is 0 Å². The van der Waals surface area contributed by atoms with E-state index in [1.54, 1.807) is 12.1 Å². The maximum absolute atomic E-state index is 11.4. The van der Waals surface area contributed by atoms with Gasteiger partial charge in [-0.25, -0.2) is 4.79 Å². The molecule has 0 atom stereocenters. The minimum Gasteiger partial charge on any atom is -0.469 e. The quantitative estimate of drug-likeness (QED) is 0.569. The molecule has 0 amide bonds. The molecule has 0 radical (unpaired) electrons. The van der Waals surface area contributed by atoms with Crippen LogP contribution in [0.25, 0.3) is 0 Å². The van der Waals surface area contributed by atoms with Crippen molar-refractivity contribution < 1.29 is 28.5 Å². The standard InChI is InChI=1S/C13H16O6/c1-16-8-19-11-5-4-9(13(15)18-3)6-10(11)7-12(14)17-2/h4-6H,7-8H2,1-3H3. The van der Waals surface area contributed by atoms with E-state index in [0.717, 1.165) is 0 Å². The summed E-state index contributed by atoms with van der Waals surface area (Å²) in [5.74, 6) is -0.450. The van der Waals surface area contributed by atoms with Gasteiger partial charge in [0.25, 0.3) is 0 Å². The first-order valence-corrected chi connectivity index (χ1v) is 5.52. The van der Waals surface area contributed by atoms with Gasteiger partial charge in [-0.05, 0) is 18.2 Å². The molecular weight excluding hydrogens is 252 g/mol. The molecule has 1 rings (SSSR count). The van der Waals surface area contributed by atoms with Crippen LogP contribution in [0.4, 0.5) is 0 Å². The Kier molecular flexibility index (Phi) is 5.81. The molecule has 19 heavy (non-hydrogen) atoms. The highest BCUT2D eigenvalue weighted by atomic mass is 16.7. The van der Waals surface area contributed by atoms with E-state index < -0.39 is 11.9 Å². The highest BCUT2D eigenvalue weighted by molar-refractivity contribution is 5.90. The average Bonchev–Trinajstić information content (AvgIpc) is 2.44. The van der Waals surface area contributed by atoms with Crippen LogP contribution in [0, 0.1) is 0 Å². The van der Waals surface area contributed by atoms with Crippen LogP contribution < -0.4 is 4.74 Å². The summed E-state index contributed by atoms with van der Waals surface area (Å²) in [4.78, 5) is 22.8. The number of hydrogen-bond acceptors (Lipinski definition) is 6. The number of esters is 2. The van der Waals surface area contributed by atoms with E-state index in [2.05, 4.69) is 9.47 Å². The lowest BCUT2D eigenvalue weighted by Crippen LogP contribution is -2.10. The zero-order valence-corrected chi connectivity index (χ0v) is 11.1. The molecule has 0 unspecified atom stereocenters. The second-order valence-electron chi connectivity index (χ2n) is 3.62. The van der Waals surface area contributed by atoms with Crippen molar-refractivity contribution in [2.75, 3.05) is 28.1 Å². The van der Waals surface area contributed by atoms with Crippen molar-refractivity contribution in [3.8, 4) is 5.75 Å². The number of methoxy groups -OCH3 is 3. The molecule has 0 aliphatic carbocycles. The summed E-state index contributed by atoms with van der Waals surface area (Å²) in [5, 5.41) is 0. The smallest absolute Gasteiger partial charge is 0.337 e. The van der Waals surface area contributed by atoms with Crippen LogP contribution in [0.15, 0.2) is 18.2 Å². The lowest BCUT2D eigenvalue weighted by atomic mass is 10.1. The van der Waals surface area contributed by atoms with Crippen molar-refractivity contribution in [3.05, 3.63) is 29.3 Å². The summed E-state index contributed by atoms with van der Waals surface area (Å²) in [7, 11) is 4.07. The van der Waals surface area contributed by atoms with Crippen molar-refractivity contribution in [2.45, 2.75) is 6.42 Å². The molecule has 0 saturated heterocycles. The highest BCUT2D eigenvalue weighted by Crippen LogP contribution is 2.22. The summed E-state index contributed by atoms with van der Waals surface area (Å²) >= 11 is 0. The van der Waals surface area contributed by atoms with Crippen molar-refractivity contribution in [2.24, 2.45) is 0 Å². The second kappa shape index (κ2) is 7.38. The molecule has 0 bridgehead atoms. The number of hydrogen-bond donors (Lipinski definition) is 0. The molecule has 0 aliphatic heterocycles. The molecular formula is C13H16O6. The predicted molar refractivity (Wildman–Crippen MR) is 66.0 cm³/mol. The Labute approximate surface area is 111 Å². The third-order valence-electron chi connectivity index (χ3n) is 2.38. The van der Waals surface area contributed by atoms with E-state index in [9.17, 15) is 9.59 Å². The Bertz CT molecular complexity index is 454. The zero-order chi connectivity index (χ0) is 14.3. The van der Waals surface area contributed by atoms with E-state index in [0.29, 0.717) is 16.9 Å². The average molecular weight is 268 g/mol. The SMILES string of the molecule is COCOc1ccc(C(=O)OC)cc1CC(=O)OC. The molecule has 0 saturated carbocycles. The Morgan fingerprint density at radius 1 is 1.11 bits per heavy atom. The maximum atomic E-state index is 11.4. The van der Waals surface area contributed by atoms with Crippen molar-refractivity contribution >= 4 is 11.9 Å². The fraction of sp³-hybridized carbons (Fsp3) is 0.385. The van der Waals surface area contributed by atoms with Crippen LogP contribution in [0.5, 0.6) is 5.75 Å². The van der Waals surface area contributed by atoms with Gasteiger partial charge < -0.3 is 18.9 Å². The Morgan fingerprint density at radius 3 is 2.42 bits per heavy atom. The number of benzene rings is 1. The third kappa shape index (κ3) is 4.26. The number of ether oxygens (including phenoxy) is 4.